The predicted octanol–water partition coefficient (Wildman–Crippen LogP) is 1.06. The van der Waals surface area contributed by atoms with Gasteiger partial charge in [0.05, 0.1) is 36.9 Å². The van der Waals surface area contributed by atoms with Crippen molar-refractivity contribution in [2.45, 2.75) is 57.0 Å². The minimum absolute atomic E-state index is 0.0516. The molecular formula is C17H29N3O4S. The maximum atomic E-state index is 12.8. The highest BCUT2D eigenvalue weighted by Gasteiger charge is 2.33. The summed E-state index contributed by atoms with van der Waals surface area (Å²) in [7, 11) is -3.37. The summed E-state index contributed by atoms with van der Waals surface area (Å²) < 4.78 is 33.2. The van der Waals surface area contributed by atoms with Gasteiger partial charge in [-0.05, 0) is 38.1 Å². The van der Waals surface area contributed by atoms with Gasteiger partial charge in [0.2, 0.25) is 15.0 Å². The molecule has 3 rings (SSSR count). The summed E-state index contributed by atoms with van der Waals surface area (Å²) in [6.07, 6.45) is 5.69. The molecule has 2 heterocycles. The Kier molecular flexibility index (Phi) is 6.14. The average molecular weight is 372 g/mol. The molecule has 1 saturated heterocycles. The SMILES string of the molecule is CCN(CCO)Cc1cnc(S(=O)(=O)CC2CC2)n1C[C@@H]1CCCO1. The summed E-state index contributed by atoms with van der Waals surface area (Å²) in [5.41, 5.74) is 0.875. The Hall–Kier alpha value is -0.960. The van der Waals surface area contributed by atoms with E-state index in [-0.39, 0.29) is 23.6 Å². The van der Waals surface area contributed by atoms with E-state index in [1.165, 1.54) is 0 Å². The van der Waals surface area contributed by atoms with Crippen molar-refractivity contribution in [1.29, 1.82) is 0 Å². The number of likely N-dealkylation sites (N-methyl/N-ethyl adjacent to an activating group) is 1. The Labute approximate surface area is 149 Å². The summed E-state index contributed by atoms with van der Waals surface area (Å²) in [6.45, 7) is 5.31. The summed E-state index contributed by atoms with van der Waals surface area (Å²) in [5.74, 6) is 0.492. The molecule has 1 saturated carbocycles. The highest BCUT2D eigenvalue weighted by atomic mass is 32.2. The topological polar surface area (TPSA) is 84.7 Å². The molecule has 0 spiro atoms. The maximum Gasteiger partial charge on any atom is 0.227 e. The van der Waals surface area contributed by atoms with Gasteiger partial charge >= 0.3 is 0 Å². The Bertz CT molecular complexity index is 663. The van der Waals surface area contributed by atoms with E-state index in [1.807, 2.05) is 11.5 Å². The van der Waals surface area contributed by atoms with Crippen LogP contribution < -0.4 is 0 Å². The standard InChI is InChI=1S/C17H29N3O4S/c1-2-19(7-8-21)11-15-10-18-17(25(22,23)13-14-5-6-14)20(15)12-16-4-3-9-24-16/h10,14,16,21H,2-9,11-13H2,1H3/t16-/m0/s1. The van der Waals surface area contributed by atoms with Crippen LogP contribution in [0, 0.1) is 5.92 Å². The van der Waals surface area contributed by atoms with Crippen LogP contribution in [0.4, 0.5) is 0 Å². The second-order valence-corrected chi connectivity index (χ2v) is 9.02. The highest BCUT2D eigenvalue weighted by Crippen LogP contribution is 2.32. The van der Waals surface area contributed by atoms with Crippen LogP contribution in [-0.2, 0) is 27.7 Å². The van der Waals surface area contributed by atoms with Crippen molar-refractivity contribution < 1.29 is 18.3 Å². The third-order valence-corrected chi connectivity index (χ3v) is 6.78. The van der Waals surface area contributed by atoms with E-state index in [1.54, 1.807) is 6.20 Å². The maximum absolute atomic E-state index is 12.8. The second kappa shape index (κ2) is 8.16. The van der Waals surface area contributed by atoms with Gasteiger partial charge in [-0.2, -0.15) is 0 Å². The molecule has 2 aliphatic rings. The van der Waals surface area contributed by atoms with E-state index in [9.17, 15) is 13.5 Å². The summed E-state index contributed by atoms with van der Waals surface area (Å²) in [4.78, 5) is 6.37. The lowest BCUT2D eigenvalue weighted by atomic mass is 10.2. The molecule has 1 aromatic rings. The number of imidazole rings is 1. The zero-order valence-electron chi connectivity index (χ0n) is 14.9. The van der Waals surface area contributed by atoms with E-state index in [0.717, 1.165) is 44.5 Å². The fourth-order valence-electron chi connectivity index (χ4n) is 3.34. The molecule has 142 valence electrons. The lowest BCUT2D eigenvalue weighted by Gasteiger charge is -2.21. The van der Waals surface area contributed by atoms with Crippen LogP contribution >= 0.6 is 0 Å². The third kappa shape index (κ3) is 4.81. The van der Waals surface area contributed by atoms with Crippen LogP contribution in [0.25, 0.3) is 0 Å². The molecule has 1 atom stereocenters. The monoisotopic (exact) mass is 371 g/mol. The number of nitrogens with zero attached hydrogens (tertiary/aromatic N) is 3. The van der Waals surface area contributed by atoms with Crippen LogP contribution in [0.3, 0.4) is 0 Å². The average Bonchev–Trinajstić information content (AvgIpc) is 3.08. The zero-order valence-corrected chi connectivity index (χ0v) is 15.7. The molecule has 1 aromatic heterocycles. The Balaban J connectivity index is 1.85. The number of hydrogen-bond donors (Lipinski definition) is 1. The molecule has 8 heteroatoms. The zero-order chi connectivity index (χ0) is 17.9. The van der Waals surface area contributed by atoms with Gasteiger partial charge in [-0.25, -0.2) is 13.4 Å². The fourth-order valence-corrected chi connectivity index (χ4v) is 5.19. The molecule has 0 radical (unpaired) electrons. The van der Waals surface area contributed by atoms with Crippen molar-refractivity contribution in [1.82, 2.24) is 14.5 Å². The first-order chi connectivity index (χ1) is 12.0. The molecule has 0 bridgehead atoms. The van der Waals surface area contributed by atoms with Crippen LogP contribution in [-0.4, -0.2) is 66.1 Å². The van der Waals surface area contributed by atoms with Crippen molar-refractivity contribution in [2.24, 2.45) is 5.92 Å². The van der Waals surface area contributed by atoms with Gasteiger partial charge in [-0.15, -0.1) is 0 Å². The molecule has 1 aliphatic heterocycles. The van der Waals surface area contributed by atoms with Crippen LogP contribution in [0.15, 0.2) is 11.4 Å². The quantitative estimate of drug-likeness (QED) is 0.662. The predicted molar refractivity (Wildman–Crippen MR) is 94.0 cm³/mol. The second-order valence-electron chi connectivity index (χ2n) is 7.09. The lowest BCUT2D eigenvalue weighted by molar-refractivity contribution is 0.0930. The van der Waals surface area contributed by atoms with Crippen LogP contribution in [0.5, 0.6) is 0 Å². The van der Waals surface area contributed by atoms with Gasteiger partial charge in [0.25, 0.3) is 0 Å². The largest absolute Gasteiger partial charge is 0.395 e. The number of rotatable bonds is 10. The molecule has 0 amide bonds. The molecule has 0 aromatic carbocycles. The van der Waals surface area contributed by atoms with Crippen molar-refractivity contribution in [3.63, 3.8) is 0 Å². The van der Waals surface area contributed by atoms with Gasteiger partial charge < -0.3 is 14.4 Å². The van der Waals surface area contributed by atoms with Crippen molar-refractivity contribution in [2.75, 3.05) is 32.1 Å². The smallest absolute Gasteiger partial charge is 0.227 e. The van der Waals surface area contributed by atoms with Crippen molar-refractivity contribution >= 4 is 9.84 Å². The number of ether oxygens (including phenoxy) is 1. The van der Waals surface area contributed by atoms with Gasteiger partial charge in [0.1, 0.15) is 0 Å². The number of hydrogen-bond acceptors (Lipinski definition) is 6. The lowest BCUT2D eigenvalue weighted by Crippen LogP contribution is -2.29. The molecule has 1 N–H and O–H groups in total. The van der Waals surface area contributed by atoms with E-state index in [2.05, 4.69) is 9.88 Å². The summed E-state index contributed by atoms with van der Waals surface area (Å²) in [6, 6.07) is 0. The van der Waals surface area contributed by atoms with Crippen molar-refractivity contribution in [3.05, 3.63) is 11.9 Å². The normalized spacial score (nSPS) is 21.3. The van der Waals surface area contributed by atoms with E-state index < -0.39 is 9.84 Å². The van der Waals surface area contributed by atoms with E-state index in [0.29, 0.717) is 25.6 Å². The molecule has 7 nitrogen and oxygen atoms in total. The molecule has 0 unspecified atom stereocenters. The van der Waals surface area contributed by atoms with Crippen LogP contribution in [0.1, 0.15) is 38.3 Å². The van der Waals surface area contributed by atoms with Gasteiger partial charge in [0, 0.05) is 19.7 Å². The summed E-state index contributed by atoms with van der Waals surface area (Å²) in [5, 5.41) is 9.39. The Morgan fingerprint density at radius 2 is 2.20 bits per heavy atom. The Morgan fingerprint density at radius 1 is 1.40 bits per heavy atom. The number of aromatic nitrogens is 2. The minimum Gasteiger partial charge on any atom is -0.395 e. The molecule has 1 aliphatic carbocycles. The highest BCUT2D eigenvalue weighted by molar-refractivity contribution is 7.91. The van der Waals surface area contributed by atoms with Gasteiger partial charge in [0.15, 0.2) is 0 Å². The molecular weight excluding hydrogens is 342 g/mol. The van der Waals surface area contributed by atoms with Crippen molar-refractivity contribution in [3.8, 4) is 0 Å². The van der Waals surface area contributed by atoms with E-state index >= 15 is 0 Å². The van der Waals surface area contributed by atoms with Gasteiger partial charge in [-0.1, -0.05) is 6.92 Å². The third-order valence-electron chi connectivity index (χ3n) is 4.99. The van der Waals surface area contributed by atoms with Crippen LogP contribution in [0.2, 0.25) is 0 Å². The number of aliphatic hydroxyl groups is 1. The first kappa shape index (κ1) is 18.8. The Morgan fingerprint density at radius 3 is 2.80 bits per heavy atom. The molecule has 25 heavy (non-hydrogen) atoms. The first-order valence-corrected chi connectivity index (χ1v) is 10.9. The molecule has 2 fully saturated rings. The van der Waals surface area contributed by atoms with Gasteiger partial charge in [-0.3, -0.25) is 4.90 Å². The number of sulfone groups is 1. The number of aliphatic hydroxyl groups excluding tert-OH is 1. The first-order valence-electron chi connectivity index (χ1n) is 9.25. The minimum atomic E-state index is -3.37. The van der Waals surface area contributed by atoms with E-state index in [4.69, 9.17) is 4.74 Å². The summed E-state index contributed by atoms with van der Waals surface area (Å²) >= 11 is 0. The fraction of sp³-hybridized carbons (Fsp3) is 0.824.